The van der Waals surface area contributed by atoms with Crippen molar-refractivity contribution < 1.29 is 9.13 Å². The number of nitrogens with zero attached hydrogens (tertiary/aromatic N) is 2. The molecule has 0 amide bonds. The summed E-state index contributed by atoms with van der Waals surface area (Å²) < 4.78 is 18.4. The third-order valence-corrected chi connectivity index (χ3v) is 2.79. The first-order valence-corrected chi connectivity index (χ1v) is 6.61. The van der Waals surface area contributed by atoms with Gasteiger partial charge in [-0.05, 0) is 24.3 Å². The molecule has 1 aromatic carbocycles. The average molecular weight is 296 g/mol. The second-order valence-corrected chi connectivity index (χ2v) is 4.98. The van der Waals surface area contributed by atoms with Crippen LogP contribution in [0.4, 0.5) is 4.39 Å². The van der Waals surface area contributed by atoms with Gasteiger partial charge in [-0.1, -0.05) is 25.4 Å². The van der Waals surface area contributed by atoms with Crippen molar-refractivity contribution >= 4 is 11.6 Å². The van der Waals surface area contributed by atoms with Crippen LogP contribution in [-0.4, -0.2) is 16.2 Å². The summed E-state index contributed by atoms with van der Waals surface area (Å²) in [4.78, 5) is 0. The predicted octanol–water partition coefficient (Wildman–Crippen LogP) is 3.56. The summed E-state index contributed by atoms with van der Waals surface area (Å²) >= 11 is 5.87. The van der Waals surface area contributed by atoms with Gasteiger partial charge in [0, 0.05) is 18.7 Å². The van der Waals surface area contributed by atoms with Crippen LogP contribution in [0.1, 0.15) is 19.5 Å². The number of rotatable bonds is 5. The van der Waals surface area contributed by atoms with Crippen molar-refractivity contribution in [3.8, 4) is 11.6 Å². The van der Waals surface area contributed by atoms with E-state index in [0.717, 1.165) is 5.69 Å². The standard InChI is InChI=1S/C14H15ClFN3O/c1-9(2)17-8-11-4-6-14(19-18-11)20-13-5-3-10(16)7-12(13)15/h3-7,9,17H,8H2,1-2H3. The molecule has 1 heterocycles. The van der Waals surface area contributed by atoms with Gasteiger partial charge in [-0.25, -0.2) is 4.39 Å². The molecule has 1 N–H and O–H groups in total. The molecule has 0 atom stereocenters. The summed E-state index contributed by atoms with van der Waals surface area (Å²) in [6.07, 6.45) is 0. The largest absolute Gasteiger partial charge is 0.436 e. The number of hydrogen-bond acceptors (Lipinski definition) is 4. The summed E-state index contributed by atoms with van der Waals surface area (Å²) in [5.74, 6) is 0.241. The number of halogens is 2. The molecule has 20 heavy (non-hydrogen) atoms. The zero-order valence-electron chi connectivity index (χ0n) is 11.2. The highest BCUT2D eigenvalue weighted by Crippen LogP contribution is 2.28. The van der Waals surface area contributed by atoms with Crippen LogP contribution in [-0.2, 0) is 6.54 Å². The van der Waals surface area contributed by atoms with E-state index in [9.17, 15) is 4.39 Å². The fourth-order valence-electron chi connectivity index (χ4n) is 1.48. The third-order valence-electron chi connectivity index (χ3n) is 2.50. The highest BCUT2D eigenvalue weighted by molar-refractivity contribution is 6.32. The first-order chi connectivity index (χ1) is 9.54. The number of benzene rings is 1. The van der Waals surface area contributed by atoms with Crippen LogP contribution in [0.15, 0.2) is 30.3 Å². The molecule has 2 rings (SSSR count). The Bertz CT molecular complexity index is 575. The Kier molecular flexibility index (Phi) is 4.87. The fraction of sp³-hybridized carbons (Fsp3) is 0.286. The Balaban J connectivity index is 2.03. The topological polar surface area (TPSA) is 47.0 Å². The van der Waals surface area contributed by atoms with Crippen LogP contribution < -0.4 is 10.1 Å². The van der Waals surface area contributed by atoms with Gasteiger partial charge in [0.25, 0.3) is 0 Å². The third kappa shape index (κ3) is 4.15. The highest BCUT2D eigenvalue weighted by atomic mass is 35.5. The fourth-order valence-corrected chi connectivity index (χ4v) is 1.68. The molecular formula is C14H15ClFN3O. The predicted molar refractivity (Wildman–Crippen MR) is 75.5 cm³/mol. The number of nitrogens with one attached hydrogen (secondary N) is 1. The van der Waals surface area contributed by atoms with E-state index in [0.29, 0.717) is 24.2 Å². The van der Waals surface area contributed by atoms with E-state index < -0.39 is 5.82 Å². The van der Waals surface area contributed by atoms with Crippen molar-refractivity contribution in [3.63, 3.8) is 0 Å². The molecule has 0 unspecified atom stereocenters. The molecule has 0 bridgehead atoms. The highest BCUT2D eigenvalue weighted by Gasteiger charge is 2.06. The Labute approximate surface area is 121 Å². The average Bonchev–Trinajstić information content (AvgIpc) is 2.41. The van der Waals surface area contributed by atoms with Gasteiger partial charge in [0.1, 0.15) is 11.6 Å². The molecule has 0 aliphatic heterocycles. The molecule has 2 aromatic rings. The molecule has 106 valence electrons. The quantitative estimate of drug-likeness (QED) is 0.916. The molecule has 0 radical (unpaired) electrons. The van der Waals surface area contributed by atoms with Gasteiger partial charge >= 0.3 is 0 Å². The van der Waals surface area contributed by atoms with Gasteiger partial charge in [-0.15, -0.1) is 5.10 Å². The first kappa shape index (κ1) is 14.7. The molecule has 0 aliphatic rings. The minimum Gasteiger partial charge on any atom is -0.436 e. The smallest absolute Gasteiger partial charge is 0.238 e. The molecule has 0 saturated heterocycles. The van der Waals surface area contributed by atoms with E-state index in [2.05, 4.69) is 29.4 Å². The summed E-state index contributed by atoms with van der Waals surface area (Å²) in [7, 11) is 0. The van der Waals surface area contributed by atoms with Crippen molar-refractivity contribution in [1.82, 2.24) is 15.5 Å². The van der Waals surface area contributed by atoms with Crippen LogP contribution in [0.2, 0.25) is 5.02 Å². The Morgan fingerprint density at radius 3 is 2.65 bits per heavy atom. The van der Waals surface area contributed by atoms with Crippen LogP contribution >= 0.6 is 11.6 Å². The lowest BCUT2D eigenvalue weighted by molar-refractivity contribution is 0.451. The Morgan fingerprint density at radius 1 is 1.25 bits per heavy atom. The maximum absolute atomic E-state index is 12.9. The van der Waals surface area contributed by atoms with Gasteiger partial charge in [-0.3, -0.25) is 0 Å². The van der Waals surface area contributed by atoms with Crippen molar-refractivity contribution in [1.29, 1.82) is 0 Å². The molecule has 0 aliphatic carbocycles. The zero-order valence-corrected chi connectivity index (χ0v) is 12.0. The second-order valence-electron chi connectivity index (χ2n) is 4.58. The normalized spacial score (nSPS) is 10.8. The van der Waals surface area contributed by atoms with E-state index >= 15 is 0 Å². The number of aromatic nitrogens is 2. The van der Waals surface area contributed by atoms with Gasteiger partial charge in [0.2, 0.25) is 5.88 Å². The summed E-state index contributed by atoms with van der Waals surface area (Å²) in [6, 6.07) is 7.80. The Morgan fingerprint density at radius 2 is 2.05 bits per heavy atom. The molecule has 6 heteroatoms. The van der Waals surface area contributed by atoms with Gasteiger partial charge in [-0.2, -0.15) is 5.10 Å². The molecule has 1 aromatic heterocycles. The van der Waals surface area contributed by atoms with Crippen molar-refractivity contribution in [2.45, 2.75) is 26.4 Å². The number of ether oxygens (including phenoxy) is 1. The summed E-state index contributed by atoms with van der Waals surface area (Å²) in [5, 5.41) is 11.4. The van der Waals surface area contributed by atoms with Crippen molar-refractivity contribution in [3.05, 3.63) is 46.9 Å². The monoisotopic (exact) mass is 295 g/mol. The van der Waals surface area contributed by atoms with E-state index in [1.54, 1.807) is 6.07 Å². The number of hydrogen-bond donors (Lipinski definition) is 1. The summed E-state index contributed by atoms with van der Waals surface area (Å²) in [6.45, 7) is 4.76. The first-order valence-electron chi connectivity index (χ1n) is 6.23. The minimum absolute atomic E-state index is 0.192. The lowest BCUT2D eigenvalue weighted by Crippen LogP contribution is -2.22. The lowest BCUT2D eigenvalue weighted by Gasteiger charge is -2.08. The van der Waals surface area contributed by atoms with E-state index in [4.69, 9.17) is 16.3 Å². The van der Waals surface area contributed by atoms with Gasteiger partial charge in [0.05, 0.1) is 10.7 Å². The molecule has 0 spiro atoms. The zero-order chi connectivity index (χ0) is 14.5. The second kappa shape index (κ2) is 6.63. The minimum atomic E-state index is -0.413. The van der Waals surface area contributed by atoms with Crippen LogP contribution in [0.25, 0.3) is 0 Å². The summed E-state index contributed by atoms with van der Waals surface area (Å²) in [5.41, 5.74) is 0.816. The van der Waals surface area contributed by atoms with Crippen LogP contribution in [0.3, 0.4) is 0 Å². The maximum Gasteiger partial charge on any atom is 0.238 e. The Hall–Kier alpha value is -1.72. The van der Waals surface area contributed by atoms with Gasteiger partial charge < -0.3 is 10.1 Å². The lowest BCUT2D eigenvalue weighted by atomic mass is 10.3. The van der Waals surface area contributed by atoms with E-state index in [-0.39, 0.29) is 5.02 Å². The van der Waals surface area contributed by atoms with Crippen molar-refractivity contribution in [2.75, 3.05) is 0 Å². The van der Waals surface area contributed by atoms with E-state index in [1.807, 2.05) is 6.07 Å². The maximum atomic E-state index is 12.9. The van der Waals surface area contributed by atoms with Crippen molar-refractivity contribution in [2.24, 2.45) is 0 Å². The SMILES string of the molecule is CC(C)NCc1ccc(Oc2ccc(F)cc2Cl)nn1. The van der Waals surface area contributed by atoms with Gasteiger partial charge in [0.15, 0.2) is 0 Å². The molecule has 0 fully saturated rings. The molecular weight excluding hydrogens is 281 g/mol. The van der Waals surface area contributed by atoms with Crippen LogP contribution in [0.5, 0.6) is 11.6 Å². The molecule has 4 nitrogen and oxygen atoms in total. The van der Waals surface area contributed by atoms with E-state index in [1.165, 1.54) is 18.2 Å². The molecule has 0 saturated carbocycles. The van der Waals surface area contributed by atoms with Crippen LogP contribution in [0, 0.1) is 5.82 Å².